The van der Waals surface area contributed by atoms with Crippen molar-refractivity contribution in [3.63, 3.8) is 0 Å². The molecule has 3 rings (SSSR count). The third-order valence-electron chi connectivity index (χ3n) is 6.67. The van der Waals surface area contributed by atoms with E-state index in [1.807, 2.05) is 37.3 Å². The molecule has 2 aromatic rings. The summed E-state index contributed by atoms with van der Waals surface area (Å²) in [5.74, 6) is 0.751. The van der Waals surface area contributed by atoms with E-state index in [2.05, 4.69) is 12.2 Å². The first-order chi connectivity index (χ1) is 18.7. The SMILES string of the molecule is CCCCNC(=O)[C@@H](CC)N(CCc1ccccc1)C(=O)CCCN(c1ccc2c(c1)OCCO2)S(C)(=O)=O. The number of anilines is 1. The molecule has 1 atom stereocenters. The number of carbonyl (C=O) groups excluding carboxylic acids is 2. The van der Waals surface area contributed by atoms with Gasteiger partial charge in [0.05, 0.1) is 11.9 Å². The van der Waals surface area contributed by atoms with E-state index in [-0.39, 0.29) is 24.8 Å². The molecule has 1 heterocycles. The molecular formula is C29H41N3O6S. The first-order valence-corrected chi connectivity index (χ1v) is 15.6. The van der Waals surface area contributed by atoms with Crippen molar-refractivity contribution in [2.75, 3.05) is 43.4 Å². The summed E-state index contributed by atoms with van der Waals surface area (Å²) in [5.41, 5.74) is 1.54. The molecule has 0 spiro atoms. The van der Waals surface area contributed by atoms with E-state index in [0.717, 1.165) is 24.7 Å². The number of nitrogens with one attached hydrogen (secondary N) is 1. The highest BCUT2D eigenvalue weighted by Crippen LogP contribution is 2.34. The molecule has 0 aliphatic carbocycles. The number of carbonyl (C=O) groups is 2. The summed E-state index contributed by atoms with van der Waals surface area (Å²) in [4.78, 5) is 28.2. The highest BCUT2D eigenvalue weighted by atomic mass is 32.2. The Morgan fingerprint density at radius 2 is 1.69 bits per heavy atom. The van der Waals surface area contributed by atoms with Crippen molar-refractivity contribution in [2.24, 2.45) is 0 Å². The molecule has 0 radical (unpaired) electrons. The van der Waals surface area contributed by atoms with E-state index in [1.165, 1.54) is 4.31 Å². The van der Waals surface area contributed by atoms with Crippen molar-refractivity contribution < 1.29 is 27.5 Å². The Morgan fingerprint density at radius 1 is 0.974 bits per heavy atom. The molecule has 0 fully saturated rings. The fourth-order valence-electron chi connectivity index (χ4n) is 4.59. The maximum atomic E-state index is 13.5. The average Bonchev–Trinajstić information content (AvgIpc) is 2.93. The summed E-state index contributed by atoms with van der Waals surface area (Å²) in [5, 5.41) is 2.97. The van der Waals surface area contributed by atoms with Gasteiger partial charge in [0.1, 0.15) is 19.3 Å². The molecule has 10 heteroatoms. The quantitative estimate of drug-likeness (QED) is 0.333. The number of ether oxygens (including phenoxy) is 2. The maximum Gasteiger partial charge on any atom is 0.242 e. The predicted octanol–water partition coefficient (Wildman–Crippen LogP) is 3.77. The Labute approximate surface area is 232 Å². The molecular weight excluding hydrogens is 518 g/mol. The van der Waals surface area contributed by atoms with E-state index in [9.17, 15) is 18.0 Å². The second kappa shape index (κ2) is 14.8. The van der Waals surface area contributed by atoms with Gasteiger partial charge in [-0.05, 0) is 43.4 Å². The first-order valence-electron chi connectivity index (χ1n) is 13.7. The Morgan fingerprint density at radius 3 is 2.36 bits per heavy atom. The van der Waals surface area contributed by atoms with Crippen LogP contribution in [0.5, 0.6) is 11.5 Å². The molecule has 9 nitrogen and oxygen atoms in total. The monoisotopic (exact) mass is 559 g/mol. The lowest BCUT2D eigenvalue weighted by atomic mass is 10.1. The van der Waals surface area contributed by atoms with Crippen LogP contribution in [0.15, 0.2) is 48.5 Å². The molecule has 39 heavy (non-hydrogen) atoms. The third kappa shape index (κ3) is 8.88. The molecule has 0 saturated heterocycles. The van der Waals surface area contributed by atoms with Crippen LogP contribution in [0.25, 0.3) is 0 Å². The second-order valence-electron chi connectivity index (χ2n) is 9.66. The Balaban J connectivity index is 1.71. The zero-order chi connectivity index (χ0) is 28.3. The van der Waals surface area contributed by atoms with Crippen LogP contribution in [0.3, 0.4) is 0 Å². The molecule has 1 N–H and O–H groups in total. The van der Waals surface area contributed by atoms with Gasteiger partial charge in [-0.3, -0.25) is 13.9 Å². The maximum absolute atomic E-state index is 13.5. The highest BCUT2D eigenvalue weighted by molar-refractivity contribution is 7.92. The fourth-order valence-corrected chi connectivity index (χ4v) is 5.55. The summed E-state index contributed by atoms with van der Waals surface area (Å²) in [6.07, 6.45) is 4.52. The minimum absolute atomic E-state index is 0.115. The number of hydrogen-bond acceptors (Lipinski definition) is 6. The highest BCUT2D eigenvalue weighted by Gasteiger charge is 2.28. The van der Waals surface area contributed by atoms with Crippen molar-refractivity contribution >= 4 is 27.5 Å². The van der Waals surface area contributed by atoms with Gasteiger partial charge in [-0.25, -0.2) is 8.42 Å². The Hall–Kier alpha value is -3.27. The van der Waals surface area contributed by atoms with Gasteiger partial charge in [0, 0.05) is 32.1 Å². The number of hydrogen-bond donors (Lipinski definition) is 1. The van der Waals surface area contributed by atoms with Gasteiger partial charge >= 0.3 is 0 Å². The molecule has 2 amide bonds. The van der Waals surface area contributed by atoms with E-state index in [4.69, 9.17) is 9.47 Å². The van der Waals surface area contributed by atoms with Gasteiger partial charge < -0.3 is 19.7 Å². The summed E-state index contributed by atoms with van der Waals surface area (Å²) in [6, 6.07) is 14.3. The van der Waals surface area contributed by atoms with Gasteiger partial charge in [-0.1, -0.05) is 50.6 Å². The number of rotatable bonds is 15. The van der Waals surface area contributed by atoms with E-state index < -0.39 is 16.1 Å². The number of amides is 2. The summed E-state index contributed by atoms with van der Waals surface area (Å²) < 4.78 is 37.7. The smallest absolute Gasteiger partial charge is 0.242 e. The normalized spacial score (nSPS) is 13.4. The first kappa shape index (κ1) is 30.3. The molecule has 0 bridgehead atoms. The summed E-state index contributed by atoms with van der Waals surface area (Å²) >= 11 is 0. The van der Waals surface area contributed by atoms with Gasteiger partial charge in [-0.2, -0.15) is 0 Å². The van der Waals surface area contributed by atoms with Gasteiger partial charge in [0.25, 0.3) is 0 Å². The van der Waals surface area contributed by atoms with E-state index in [0.29, 0.717) is 62.8 Å². The third-order valence-corrected chi connectivity index (χ3v) is 7.86. The minimum Gasteiger partial charge on any atom is -0.486 e. The Kier molecular flexibility index (Phi) is 11.5. The lowest BCUT2D eigenvalue weighted by Gasteiger charge is -2.31. The van der Waals surface area contributed by atoms with E-state index in [1.54, 1.807) is 23.1 Å². The van der Waals surface area contributed by atoms with Gasteiger partial charge in [-0.15, -0.1) is 0 Å². The van der Waals surface area contributed by atoms with E-state index >= 15 is 0 Å². The van der Waals surface area contributed by atoms with Gasteiger partial charge in [0.15, 0.2) is 11.5 Å². The number of benzene rings is 2. The topological polar surface area (TPSA) is 105 Å². The number of nitrogens with zero attached hydrogens (tertiary/aromatic N) is 2. The Bertz CT molecular complexity index is 1190. The van der Waals surface area contributed by atoms with Crippen molar-refractivity contribution in [3.8, 4) is 11.5 Å². The van der Waals surface area contributed by atoms with Crippen molar-refractivity contribution in [1.82, 2.24) is 10.2 Å². The molecule has 0 unspecified atom stereocenters. The molecule has 1 aliphatic heterocycles. The van der Waals surface area contributed by atoms with Crippen LogP contribution in [0.4, 0.5) is 5.69 Å². The fraction of sp³-hybridized carbons (Fsp3) is 0.517. The molecule has 0 saturated carbocycles. The lowest BCUT2D eigenvalue weighted by Crippen LogP contribution is -2.50. The van der Waals surface area contributed by atoms with Crippen LogP contribution in [0.2, 0.25) is 0 Å². The molecule has 2 aromatic carbocycles. The van der Waals surface area contributed by atoms with Crippen molar-refractivity contribution in [2.45, 2.75) is 58.4 Å². The van der Waals surface area contributed by atoms with Crippen LogP contribution >= 0.6 is 0 Å². The molecule has 1 aliphatic rings. The van der Waals surface area contributed by atoms with Crippen LogP contribution in [-0.2, 0) is 26.0 Å². The van der Waals surface area contributed by atoms with Crippen molar-refractivity contribution in [3.05, 3.63) is 54.1 Å². The zero-order valence-electron chi connectivity index (χ0n) is 23.2. The predicted molar refractivity (Wildman–Crippen MR) is 153 cm³/mol. The van der Waals surface area contributed by atoms with Crippen LogP contribution in [-0.4, -0.2) is 70.3 Å². The number of sulfonamides is 1. The summed E-state index contributed by atoms with van der Waals surface area (Å²) in [6.45, 7) is 5.90. The average molecular weight is 560 g/mol. The number of unbranched alkanes of at least 4 members (excludes halogenated alkanes) is 1. The minimum atomic E-state index is -3.61. The number of fused-ring (bicyclic) bond motifs is 1. The lowest BCUT2D eigenvalue weighted by molar-refractivity contribution is -0.140. The summed E-state index contributed by atoms with van der Waals surface area (Å²) in [7, 11) is -3.61. The van der Waals surface area contributed by atoms with Crippen LogP contribution in [0.1, 0.15) is 51.5 Å². The van der Waals surface area contributed by atoms with Gasteiger partial charge in [0.2, 0.25) is 21.8 Å². The standard InChI is InChI=1S/C29H41N3O6S/c1-4-6-17-30-29(34)25(5-2)31(19-16-23-11-8-7-9-12-23)28(33)13-10-18-32(39(3,35)36)24-14-15-26-27(22-24)38-21-20-37-26/h7-9,11-12,14-15,22,25H,4-6,10,13,16-21H2,1-3H3,(H,30,34)/t25-/m1/s1. The van der Waals surface area contributed by atoms with Crippen LogP contribution < -0.4 is 19.1 Å². The zero-order valence-corrected chi connectivity index (χ0v) is 24.0. The molecule has 0 aromatic heterocycles. The molecule has 214 valence electrons. The second-order valence-corrected chi connectivity index (χ2v) is 11.6. The van der Waals surface area contributed by atoms with Crippen molar-refractivity contribution in [1.29, 1.82) is 0 Å². The van der Waals surface area contributed by atoms with Crippen LogP contribution in [0, 0.1) is 0 Å². The largest absolute Gasteiger partial charge is 0.486 e.